The van der Waals surface area contributed by atoms with Crippen LogP contribution in [0.25, 0.3) is 0 Å². The average Bonchev–Trinajstić information content (AvgIpc) is 2.88. The summed E-state index contributed by atoms with van der Waals surface area (Å²) >= 11 is 0. The van der Waals surface area contributed by atoms with Gasteiger partial charge in [0.2, 0.25) is 0 Å². The second-order valence-electron chi connectivity index (χ2n) is 8.91. The smallest absolute Gasteiger partial charge is 0.321 e. The maximum absolute atomic E-state index is 13.4. The van der Waals surface area contributed by atoms with Gasteiger partial charge >= 0.3 is 17.9 Å². The molecule has 0 aromatic heterocycles. The Labute approximate surface area is 209 Å². The highest BCUT2D eigenvalue weighted by molar-refractivity contribution is 5.95. The van der Waals surface area contributed by atoms with Crippen molar-refractivity contribution in [2.75, 3.05) is 20.3 Å². The molecule has 0 spiro atoms. The van der Waals surface area contributed by atoms with E-state index in [4.69, 9.17) is 33.2 Å². The minimum absolute atomic E-state index is 0.0969. The molecule has 1 aromatic carbocycles. The van der Waals surface area contributed by atoms with E-state index in [1.54, 1.807) is 19.9 Å². The lowest BCUT2D eigenvalue weighted by molar-refractivity contribution is -0.359. The minimum atomic E-state index is -1.18. The van der Waals surface area contributed by atoms with Gasteiger partial charge in [0.25, 0.3) is 0 Å². The molecule has 36 heavy (non-hydrogen) atoms. The number of hydrogen-bond donors (Lipinski definition) is 0. The summed E-state index contributed by atoms with van der Waals surface area (Å²) in [4.78, 5) is 38.7. The Morgan fingerprint density at radius 3 is 2.56 bits per heavy atom. The van der Waals surface area contributed by atoms with Crippen LogP contribution in [0.3, 0.4) is 0 Å². The van der Waals surface area contributed by atoms with Gasteiger partial charge in [-0.05, 0) is 26.7 Å². The monoisotopic (exact) mass is 504 g/mol. The third-order valence-corrected chi connectivity index (χ3v) is 6.33. The van der Waals surface area contributed by atoms with Crippen molar-refractivity contribution in [1.82, 2.24) is 0 Å². The summed E-state index contributed by atoms with van der Waals surface area (Å²) in [7, 11) is 1.40. The number of rotatable bonds is 4. The fourth-order valence-electron chi connectivity index (χ4n) is 4.55. The molecule has 1 aromatic rings. The molecule has 1 unspecified atom stereocenters. The van der Waals surface area contributed by atoms with Gasteiger partial charge in [-0.3, -0.25) is 14.4 Å². The summed E-state index contributed by atoms with van der Waals surface area (Å²) < 4.78 is 40.3. The Bertz CT molecular complexity index is 961. The van der Waals surface area contributed by atoms with Gasteiger partial charge in [0.1, 0.15) is 12.2 Å². The van der Waals surface area contributed by atoms with E-state index in [9.17, 15) is 14.4 Å². The maximum Gasteiger partial charge on any atom is 0.321 e. The van der Waals surface area contributed by atoms with E-state index in [-0.39, 0.29) is 26.1 Å². The quantitative estimate of drug-likeness (QED) is 0.262. The van der Waals surface area contributed by atoms with Crippen LogP contribution in [0.2, 0.25) is 0 Å². The Balaban J connectivity index is 1.67. The number of esters is 3. The molecule has 0 bridgehead atoms. The zero-order chi connectivity index (χ0) is 25.7. The number of allylic oxidation sites excluding steroid dienone is 2. The van der Waals surface area contributed by atoms with Crippen LogP contribution in [0.5, 0.6) is 0 Å². The second kappa shape index (κ2) is 12.0. The lowest BCUT2D eigenvalue weighted by atomic mass is 9.95. The molecule has 196 valence electrons. The Kier molecular flexibility index (Phi) is 8.73. The number of benzene rings is 1. The fraction of sp³-hybridized carbons (Fsp3) is 0.577. The number of carbonyl (C=O) groups is 3. The number of methoxy groups -OCH3 is 1. The molecular formula is C26H32O10. The highest BCUT2D eigenvalue weighted by Crippen LogP contribution is 2.37. The van der Waals surface area contributed by atoms with Crippen molar-refractivity contribution in [3.63, 3.8) is 0 Å². The largest absolute Gasteiger partial charge is 0.465 e. The average molecular weight is 505 g/mol. The van der Waals surface area contributed by atoms with Crippen molar-refractivity contribution in [2.24, 2.45) is 5.92 Å². The van der Waals surface area contributed by atoms with Gasteiger partial charge in [-0.1, -0.05) is 42.0 Å². The van der Waals surface area contributed by atoms with Crippen LogP contribution in [0.1, 0.15) is 45.0 Å². The highest BCUT2D eigenvalue weighted by Gasteiger charge is 2.54. The number of hydrogen-bond acceptors (Lipinski definition) is 10. The van der Waals surface area contributed by atoms with Crippen LogP contribution in [0, 0.1) is 5.92 Å². The van der Waals surface area contributed by atoms with E-state index in [0.717, 1.165) is 11.1 Å². The van der Waals surface area contributed by atoms with Gasteiger partial charge in [0.05, 0.1) is 13.2 Å². The SMILES string of the molecule is CCOC(=O)[C@H]1CC(C)=CCCC(=O)O[C@H]2[C@@H](OC)O[C@@H]3COC(c4ccccc4)O[C@H]3[C@@H]2OC1=O. The van der Waals surface area contributed by atoms with Crippen LogP contribution >= 0.6 is 0 Å². The maximum atomic E-state index is 13.4. The molecule has 0 amide bonds. The summed E-state index contributed by atoms with van der Waals surface area (Å²) in [6, 6.07) is 9.28. The topological polar surface area (TPSA) is 116 Å². The molecule has 10 nitrogen and oxygen atoms in total. The minimum Gasteiger partial charge on any atom is -0.465 e. The second-order valence-corrected chi connectivity index (χ2v) is 8.91. The molecule has 3 heterocycles. The van der Waals surface area contributed by atoms with E-state index in [1.807, 2.05) is 30.3 Å². The van der Waals surface area contributed by atoms with E-state index < -0.39 is 60.8 Å². The summed E-state index contributed by atoms with van der Waals surface area (Å²) in [5, 5.41) is 0. The first kappa shape index (κ1) is 26.3. The normalized spacial score (nSPS) is 33.4. The standard InChI is InChI=1S/C26H32O10/c1-4-31-23(28)17-13-15(2)9-8-12-19(27)34-22-21(35-24(17)29)20-18(33-26(22)30-3)14-32-25(36-20)16-10-6-5-7-11-16/h5-7,9-11,17-18,20-22,25-26H,4,8,12-14H2,1-3H3/t17-,18-,20-,21+,22-,25?,26+/m1/s1. The van der Waals surface area contributed by atoms with Crippen molar-refractivity contribution >= 4 is 17.9 Å². The molecular weight excluding hydrogens is 472 g/mol. The van der Waals surface area contributed by atoms with Gasteiger partial charge in [-0.2, -0.15) is 0 Å². The lowest BCUT2D eigenvalue weighted by Gasteiger charge is -2.48. The van der Waals surface area contributed by atoms with Gasteiger partial charge in [0.15, 0.2) is 30.7 Å². The molecule has 10 heteroatoms. The molecule has 0 aliphatic carbocycles. The summed E-state index contributed by atoms with van der Waals surface area (Å²) in [6.07, 6.45) is -3.13. The predicted molar refractivity (Wildman–Crippen MR) is 123 cm³/mol. The Hall–Kier alpha value is -2.79. The number of ether oxygens (including phenoxy) is 7. The molecule has 2 fully saturated rings. The summed E-state index contributed by atoms with van der Waals surface area (Å²) in [5.41, 5.74) is 1.53. The van der Waals surface area contributed by atoms with Crippen LogP contribution in [-0.4, -0.2) is 68.9 Å². The Morgan fingerprint density at radius 2 is 1.83 bits per heavy atom. The summed E-state index contributed by atoms with van der Waals surface area (Å²) in [5.74, 6) is -3.15. The van der Waals surface area contributed by atoms with Gasteiger partial charge in [0, 0.05) is 19.1 Å². The zero-order valence-electron chi connectivity index (χ0n) is 20.6. The van der Waals surface area contributed by atoms with E-state index >= 15 is 0 Å². The van der Waals surface area contributed by atoms with Crippen molar-refractivity contribution in [3.8, 4) is 0 Å². The summed E-state index contributed by atoms with van der Waals surface area (Å²) in [6.45, 7) is 3.71. The van der Waals surface area contributed by atoms with Gasteiger partial charge in [-0.25, -0.2) is 0 Å². The fourth-order valence-corrected chi connectivity index (χ4v) is 4.55. The van der Waals surface area contributed by atoms with Crippen molar-refractivity contribution in [3.05, 3.63) is 47.5 Å². The molecule has 7 atom stereocenters. The van der Waals surface area contributed by atoms with Gasteiger partial charge < -0.3 is 33.2 Å². The van der Waals surface area contributed by atoms with E-state index in [1.165, 1.54) is 7.11 Å². The molecule has 0 saturated carbocycles. The van der Waals surface area contributed by atoms with Gasteiger partial charge in [-0.15, -0.1) is 0 Å². The first-order valence-corrected chi connectivity index (χ1v) is 12.1. The van der Waals surface area contributed by atoms with E-state index in [0.29, 0.717) is 6.42 Å². The van der Waals surface area contributed by atoms with Crippen molar-refractivity contribution in [2.45, 2.75) is 70.1 Å². The lowest BCUT2D eigenvalue weighted by Crippen LogP contribution is -2.64. The number of fused-ring (bicyclic) bond motifs is 3. The van der Waals surface area contributed by atoms with Crippen molar-refractivity contribution < 1.29 is 47.5 Å². The van der Waals surface area contributed by atoms with Crippen LogP contribution < -0.4 is 0 Å². The molecule has 4 rings (SSSR count). The first-order chi connectivity index (χ1) is 17.4. The molecule has 3 aliphatic rings. The van der Waals surface area contributed by atoms with E-state index in [2.05, 4.69) is 0 Å². The molecule has 0 radical (unpaired) electrons. The van der Waals surface area contributed by atoms with Crippen molar-refractivity contribution in [1.29, 1.82) is 0 Å². The Morgan fingerprint density at radius 1 is 1.06 bits per heavy atom. The highest BCUT2D eigenvalue weighted by atomic mass is 16.8. The molecule has 0 N–H and O–H groups in total. The zero-order valence-corrected chi connectivity index (χ0v) is 20.6. The third kappa shape index (κ3) is 5.95. The van der Waals surface area contributed by atoms with Crippen LogP contribution in [-0.2, 0) is 47.5 Å². The first-order valence-electron chi connectivity index (χ1n) is 12.1. The third-order valence-electron chi connectivity index (χ3n) is 6.33. The predicted octanol–water partition coefficient (Wildman–Crippen LogP) is 2.61. The molecule has 3 aliphatic heterocycles. The van der Waals surface area contributed by atoms with Crippen LogP contribution in [0.15, 0.2) is 42.0 Å². The van der Waals surface area contributed by atoms with Crippen LogP contribution in [0.4, 0.5) is 0 Å². The number of carbonyl (C=O) groups excluding carboxylic acids is 3. The molecule has 2 saturated heterocycles.